The van der Waals surface area contributed by atoms with E-state index in [1.54, 1.807) is 18.2 Å². The van der Waals surface area contributed by atoms with Crippen molar-refractivity contribution in [3.63, 3.8) is 0 Å². The van der Waals surface area contributed by atoms with E-state index in [0.29, 0.717) is 16.3 Å². The predicted octanol–water partition coefficient (Wildman–Crippen LogP) is 1.21. The van der Waals surface area contributed by atoms with Crippen molar-refractivity contribution in [2.75, 3.05) is 6.26 Å². The average molecular weight is 299 g/mol. The zero-order valence-corrected chi connectivity index (χ0v) is 11.5. The highest BCUT2D eigenvalue weighted by atomic mass is 35.5. The molecule has 0 aliphatic carbocycles. The van der Waals surface area contributed by atoms with Gasteiger partial charge in [-0.2, -0.15) is 5.10 Å². The van der Waals surface area contributed by atoms with Crippen molar-refractivity contribution in [1.29, 1.82) is 5.41 Å². The van der Waals surface area contributed by atoms with Gasteiger partial charge in [0.15, 0.2) is 9.84 Å². The van der Waals surface area contributed by atoms with Crippen LogP contribution in [0.4, 0.5) is 0 Å². The largest absolute Gasteiger partial charge is 0.384 e. The van der Waals surface area contributed by atoms with Gasteiger partial charge in [-0.15, -0.1) is 0 Å². The van der Waals surface area contributed by atoms with E-state index in [1.165, 1.54) is 17.1 Å². The van der Waals surface area contributed by atoms with E-state index >= 15 is 0 Å². The van der Waals surface area contributed by atoms with Gasteiger partial charge < -0.3 is 5.73 Å². The number of hydrogen-bond donors (Lipinski definition) is 2. The molecule has 0 aliphatic rings. The third-order valence-corrected chi connectivity index (χ3v) is 3.88. The molecule has 19 heavy (non-hydrogen) atoms. The maximum absolute atomic E-state index is 11.4. The average Bonchev–Trinajstić information content (AvgIpc) is 2.76. The highest BCUT2D eigenvalue weighted by molar-refractivity contribution is 7.90. The second-order valence-corrected chi connectivity index (χ2v) is 6.36. The molecule has 1 aromatic heterocycles. The summed E-state index contributed by atoms with van der Waals surface area (Å²) in [7, 11) is -3.33. The van der Waals surface area contributed by atoms with E-state index in [0.717, 1.165) is 6.26 Å². The third kappa shape index (κ3) is 2.61. The molecule has 8 heteroatoms. The Morgan fingerprint density at radius 2 is 2.16 bits per heavy atom. The van der Waals surface area contributed by atoms with Crippen molar-refractivity contribution in [2.45, 2.75) is 4.90 Å². The molecule has 0 amide bonds. The van der Waals surface area contributed by atoms with Crippen molar-refractivity contribution in [3.05, 3.63) is 41.2 Å². The van der Waals surface area contributed by atoms with E-state index in [4.69, 9.17) is 22.7 Å². The van der Waals surface area contributed by atoms with Crippen molar-refractivity contribution in [2.24, 2.45) is 5.73 Å². The second kappa shape index (κ2) is 4.67. The van der Waals surface area contributed by atoms with Crippen LogP contribution < -0.4 is 5.73 Å². The first-order chi connectivity index (χ1) is 8.80. The number of nitrogens with one attached hydrogen (secondary N) is 1. The summed E-state index contributed by atoms with van der Waals surface area (Å²) in [5.74, 6) is -0.211. The van der Waals surface area contributed by atoms with Crippen LogP contribution in [0, 0.1) is 5.41 Å². The number of nitrogen functional groups attached to an aromatic ring is 1. The van der Waals surface area contributed by atoms with Crippen LogP contribution in [0.15, 0.2) is 35.5 Å². The van der Waals surface area contributed by atoms with Crippen LogP contribution in [0.1, 0.15) is 5.56 Å². The van der Waals surface area contributed by atoms with Gasteiger partial charge >= 0.3 is 0 Å². The molecule has 0 atom stereocenters. The van der Waals surface area contributed by atoms with Crippen molar-refractivity contribution >= 4 is 27.3 Å². The first kappa shape index (κ1) is 13.6. The number of amidine groups is 1. The number of sulfone groups is 1. The molecule has 0 saturated heterocycles. The number of benzene rings is 1. The minimum atomic E-state index is -3.33. The summed E-state index contributed by atoms with van der Waals surface area (Å²) in [5.41, 5.74) is 6.25. The van der Waals surface area contributed by atoms with Gasteiger partial charge in [-0.05, 0) is 12.1 Å². The van der Waals surface area contributed by atoms with Gasteiger partial charge in [-0.25, -0.2) is 13.1 Å². The van der Waals surface area contributed by atoms with Gasteiger partial charge in [0.2, 0.25) is 0 Å². The molecule has 0 bridgehead atoms. The maximum Gasteiger partial charge on any atom is 0.178 e. The quantitative estimate of drug-likeness (QED) is 0.657. The van der Waals surface area contributed by atoms with Gasteiger partial charge in [0, 0.05) is 12.5 Å². The maximum atomic E-state index is 11.4. The monoisotopic (exact) mass is 298 g/mol. The van der Waals surface area contributed by atoms with Crippen molar-refractivity contribution in [1.82, 2.24) is 9.78 Å². The lowest BCUT2D eigenvalue weighted by molar-refractivity contribution is 0.602. The smallest absolute Gasteiger partial charge is 0.178 e. The lowest BCUT2D eigenvalue weighted by Crippen LogP contribution is -2.15. The van der Waals surface area contributed by atoms with Crippen molar-refractivity contribution in [3.8, 4) is 5.69 Å². The van der Waals surface area contributed by atoms with Crippen LogP contribution in [0.5, 0.6) is 0 Å². The molecule has 0 unspecified atom stereocenters. The summed E-state index contributed by atoms with van der Waals surface area (Å²) in [4.78, 5) is 0.0852. The standard InChI is InChI=1S/C11H11ClN4O2S/c1-19(17,18)7-5-15-16(6-7)9-4-2-3-8(12)10(9)11(13)14/h2-6H,1H3,(H3,13,14). The first-order valence-corrected chi connectivity index (χ1v) is 7.45. The molecule has 6 nitrogen and oxygen atoms in total. The lowest BCUT2D eigenvalue weighted by Gasteiger charge is -2.09. The van der Waals surface area contributed by atoms with Gasteiger partial charge in [0.1, 0.15) is 10.7 Å². The molecule has 0 spiro atoms. The van der Waals surface area contributed by atoms with Gasteiger partial charge in [-0.1, -0.05) is 17.7 Å². The minimum Gasteiger partial charge on any atom is -0.384 e. The molecular formula is C11H11ClN4O2S. The van der Waals surface area contributed by atoms with Crippen LogP contribution in [-0.4, -0.2) is 30.3 Å². The minimum absolute atomic E-state index is 0.0852. The molecule has 0 radical (unpaired) electrons. The molecule has 100 valence electrons. The number of nitrogens with zero attached hydrogens (tertiary/aromatic N) is 2. The Balaban J connectivity index is 2.63. The molecular weight excluding hydrogens is 288 g/mol. The second-order valence-electron chi connectivity index (χ2n) is 3.94. The fourth-order valence-electron chi connectivity index (χ4n) is 1.60. The van der Waals surface area contributed by atoms with Gasteiger partial charge in [0.25, 0.3) is 0 Å². The highest BCUT2D eigenvalue weighted by Gasteiger charge is 2.15. The molecule has 2 aromatic rings. The Kier molecular flexibility index (Phi) is 3.34. The summed E-state index contributed by atoms with van der Waals surface area (Å²) in [6.45, 7) is 0. The van der Waals surface area contributed by atoms with E-state index in [1.807, 2.05) is 0 Å². The van der Waals surface area contributed by atoms with Crippen LogP contribution in [-0.2, 0) is 9.84 Å². The van der Waals surface area contributed by atoms with E-state index in [9.17, 15) is 8.42 Å². The van der Waals surface area contributed by atoms with Crippen LogP contribution in [0.3, 0.4) is 0 Å². The number of hydrogen-bond acceptors (Lipinski definition) is 4. The molecule has 1 aromatic carbocycles. The zero-order valence-electron chi connectivity index (χ0n) is 9.96. The van der Waals surface area contributed by atoms with Gasteiger partial charge in [-0.3, -0.25) is 5.41 Å². The normalized spacial score (nSPS) is 11.5. The highest BCUT2D eigenvalue weighted by Crippen LogP contribution is 2.23. The van der Waals surface area contributed by atoms with E-state index in [2.05, 4.69) is 5.10 Å². The number of nitrogens with two attached hydrogens (primary N) is 1. The van der Waals surface area contributed by atoms with Crippen LogP contribution in [0.25, 0.3) is 5.69 Å². The first-order valence-electron chi connectivity index (χ1n) is 5.18. The third-order valence-electron chi connectivity index (χ3n) is 2.49. The molecule has 0 fully saturated rings. The fourth-order valence-corrected chi connectivity index (χ4v) is 2.40. The Morgan fingerprint density at radius 3 is 2.68 bits per heavy atom. The molecule has 0 saturated carbocycles. The Morgan fingerprint density at radius 1 is 1.47 bits per heavy atom. The van der Waals surface area contributed by atoms with Gasteiger partial charge in [0.05, 0.1) is 22.5 Å². The van der Waals surface area contributed by atoms with Crippen LogP contribution in [0.2, 0.25) is 5.02 Å². The molecule has 0 aliphatic heterocycles. The summed E-state index contributed by atoms with van der Waals surface area (Å²) in [5, 5.41) is 11.8. The number of aromatic nitrogens is 2. The van der Waals surface area contributed by atoms with Crippen LogP contribution >= 0.6 is 11.6 Å². The molecule has 3 N–H and O–H groups in total. The van der Waals surface area contributed by atoms with E-state index in [-0.39, 0.29) is 10.7 Å². The molecule has 2 rings (SSSR count). The molecule has 1 heterocycles. The fraction of sp³-hybridized carbons (Fsp3) is 0.0909. The summed E-state index contributed by atoms with van der Waals surface area (Å²) < 4.78 is 24.2. The zero-order chi connectivity index (χ0) is 14.2. The Labute approximate surface area is 115 Å². The summed E-state index contributed by atoms with van der Waals surface area (Å²) >= 11 is 5.99. The predicted molar refractivity (Wildman–Crippen MR) is 72.7 cm³/mol. The van der Waals surface area contributed by atoms with E-state index < -0.39 is 9.84 Å². The summed E-state index contributed by atoms with van der Waals surface area (Å²) in [6, 6.07) is 4.93. The Bertz CT molecular complexity index is 752. The van der Waals surface area contributed by atoms with Crippen molar-refractivity contribution < 1.29 is 8.42 Å². The number of halogens is 1. The topological polar surface area (TPSA) is 102 Å². The Hall–Kier alpha value is -1.86. The lowest BCUT2D eigenvalue weighted by atomic mass is 10.1. The SMILES string of the molecule is CS(=O)(=O)c1cnn(-c2cccc(Cl)c2C(=N)N)c1. The number of rotatable bonds is 3. The summed E-state index contributed by atoms with van der Waals surface area (Å²) in [6.07, 6.45) is 3.69.